The van der Waals surface area contributed by atoms with Crippen molar-refractivity contribution in [1.82, 2.24) is 15.0 Å². The number of hydrogen-bond acceptors (Lipinski definition) is 7. The Kier molecular flexibility index (Phi) is 7.00. The van der Waals surface area contributed by atoms with E-state index < -0.39 is 0 Å². The first kappa shape index (κ1) is 16.4. The van der Waals surface area contributed by atoms with Crippen LogP contribution in [0.25, 0.3) is 0 Å². The summed E-state index contributed by atoms with van der Waals surface area (Å²) in [7, 11) is 3.71. The summed E-state index contributed by atoms with van der Waals surface area (Å²) >= 11 is 0. The number of rotatable bonds is 9. The van der Waals surface area contributed by atoms with Crippen LogP contribution in [0.2, 0.25) is 0 Å². The van der Waals surface area contributed by atoms with Crippen LogP contribution in [-0.2, 0) is 0 Å². The molecule has 3 N–H and O–H groups in total. The maximum atomic E-state index is 5.70. The number of ether oxygens (including phenoxy) is 1. The van der Waals surface area contributed by atoms with Gasteiger partial charge in [-0.3, -0.25) is 5.43 Å². The molecule has 1 rings (SSSR count). The number of anilines is 2. The van der Waals surface area contributed by atoms with Crippen LogP contribution >= 0.6 is 0 Å². The number of hydrogen-bond donors (Lipinski definition) is 2. The van der Waals surface area contributed by atoms with Gasteiger partial charge in [0.15, 0.2) is 0 Å². The fourth-order valence-corrected chi connectivity index (χ4v) is 1.77. The maximum Gasteiger partial charge on any atom is 0.323 e. The summed E-state index contributed by atoms with van der Waals surface area (Å²) in [6, 6.07) is 0.312. The molecule has 1 atom stereocenters. The van der Waals surface area contributed by atoms with E-state index in [2.05, 4.69) is 34.2 Å². The van der Waals surface area contributed by atoms with E-state index in [9.17, 15) is 0 Å². The van der Waals surface area contributed by atoms with Crippen molar-refractivity contribution in [3.8, 4) is 6.01 Å². The first-order valence-corrected chi connectivity index (χ1v) is 7.13. The Hall–Kier alpha value is -1.63. The number of hydrazine groups is 1. The first-order valence-electron chi connectivity index (χ1n) is 7.13. The molecule has 20 heavy (non-hydrogen) atoms. The van der Waals surface area contributed by atoms with Crippen LogP contribution < -0.4 is 20.9 Å². The molecule has 1 aromatic heterocycles. The molecule has 1 aromatic rings. The van der Waals surface area contributed by atoms with Crippen molar-refractivity contribution in [2.75, 3.05) is 31.0 Å². The number of unbranched alkanes of at least 4 members (excludes halogenated alkanes) is 1. The standard InChI is InChI=1S/C13H26N6O/c1-5-7-8-10(6-2)9-20-13-16-11(18-14)15-12(17-13)19(3)4/h10H,5-9,14H2,1-4H3,(H,15,16,17,18). The molecule has 0 aliphatic rings. The summed E-state index contributed by atoms with van der Waals surface area (Å²) in [5.41, 5.74) is 2.43. The molecule has 0 aliphatic carbocycles. The molecule has 0 saturated heterocycles. The Bertz CT molecular complexity index is 398. The number of nitrogens with zero attached hydrogens (tertiary/aromatic N) is 4. The maximum absolute atomic E-state index is 5.70. The lowest BCUT2D eigenvalue weighted by molar-refractivity contribution is 0.217. The van der Waals surface area contributed by atoms with E-state index >= 15 is 0 Å². The van der Waals surface area contributed by atoms with Gasteiger partial charge < -0.3 is 9.64 Å². The molecule has 1 unspecified atom stereocenters. The van der Waals surface area contributed by atoms with Crippen molar-refractivity contribution in [3.05, 3.63) is 0 Å². The average Bonchev–Trinajstić information content (AvgIpc) is 2.47. The fourth-order valence-electron chi connectivity index (χ4n) is 1.77. The monoisotopic (exact) mass is 282 g/mol. The van der Waals surface area contributed by atoms with Crippen molar-refractivity contribution < 1.29 is 4.74 Å². The predicted octanol–water partition coefficient (Wildman–Crippen LogP) is 1.82. The van der Waals surface area contributed by atoms with Gasteiger partial charge in [0.25, 0.3) is 0 Å². The largest absolute Gasteiger partial charge is 0.463 e. The van der Waals surface area contributed by atoms with Gasteiger partial charge in [-0.15, -0.1) is 0 Å². The summed E-state index contributed by atoms with van der Waals surface area (Å²) in [6.07, 6.45) is 4.68. The molecular weight excluding hydrogens is 256 g/mol. The molecule has 1 heterocycles. The van der Waals surface area contributed by atoms with E-state index in [4.69, 9.17) is 10.6 Å². The highest BCUT2D eigenvalue weighted by Gasteiger charge is 2.11. The van der Waals surface area contributed by atoms with Gasteiger partial charge in [0.2, 0.25) is 11.9 Å². The predicted molar refractivity (Wildman–Crippen MR) is 80.8 cm³/mol. The summed E-state index contributed by atoms with van der Waals surface area (Å²) < 4.78 is 5.70. The van der Waals surface area contributed by atoms with E-state index in [0.29, 0.717) is 30.4 Å². The number of aromatic nitrogens is 3. The number of nitrogens with two attached hydrogens (primary N) is 1. The summed E-state index contributed by atoms with van der Waals surface area (Å²) in [4.78, 5) is 14.3. The van der Waals surface area contributed by atoms with Gasteiger partial charge in [0.1, 0.15) is 0 Å². The lowest BCUT2D eigenvalue weighted by Gasteiger charge is -2.16. The van der Waals surface area contributed by atoms with Gasteiger partial charge in [-0.05, 0) is 12.3 Å². The lowest BCUT2D eigenvalue weighted by atomic mass is 10.0. The van der Waals surface area contributed by atoms with Crippen LogP contribution in [0, 0.1) is 5.92 Å². The van der Waals surface area contributed by atoms with Crippen LogP contribution in [0.15, 0.2) is 0 Å². The molecule has 0 amide bonds. The number of nitrogen functional groups attached to an aromatic ring is 1. The van der Waals surface area contributed by atoms with Gasteiger partial charge in [-0.2, -0.15) is 15.0 Å². The van der Waals surface area contributed by atoms with Gasteiger partial charge in [-0.1, -0.05) is 33.1 Å². The Morgan fingerprint density at radius 1 is 1.25 bits per heavy atom. The first-order chi connectivity index (χ1) is 9.60. The van der Waals surface area contributed by atoms with Crippen LogP contribution in [0.5, 0.6) is 6.01 Å². The molecule has 0 fully saturated rings. The zero-order valence-electron chi connectivity index (χ0n) is 12.9. The normalized spacial score (nSPS) is 12.1. The summed E-state index contributed by atoms with van der Waals surface area (Å²) in [5, 5.41) is 0. The van der Waals surface area contributed by atoms with Crippen molar-refractivity contribution in [2.24, 2.45) is 11.8 Å². The highest BCUT2D eigenvalue weighted by atomic mass is 16.5. The van der Waals surface area contributed by atoms with Crippen molar-refractivity contribution in [3.63, 3.8) is 0 Å². The highest BCUT2D eigenvalue weighted by Crippen LogP contribution is 2.16. The Morgan fingerprint density at radius 3 is 2.55 bits per heavy atom. The van der Waals surface area contributed by atoms with E-state index in [1.165, 1.54) is 19.3 Å². The molecule has 0 aromatic carbocycles. The van der Waals surface area contributed by atoms with Gasteiger partial charge >= 0.3 is 6.01 Å². The average molecular weight is 282 g/mol. The van der Waals surface area contributed by atoms with E-state index in [1.807, 2.05) is 14.1 Å². The van der Waals surface area contributed by atoms with Crippen LogP contribution in [0.1, 0.15) is 39.5 Å². The smallest absolute Gasteiger partial charge is 0.323 e. The van der Waals surface area contributed by atoms with Crippen molar-refractivity contribution in [1.29, 1.82) is 0 Å². The number of nitrogens with one attached hydrogen (secondary N) is 1. The molecule has 0 bridgehead atoms. The summed E-state index contributed by atoms with van der Waals surface area (Å²) in [6.45, 7) is 4.99. The molecular formula is C13H26N6O. The van der Waals surface area contributed by atoms with Crippen LogP contribution in [0.4, 0.5) is 11.9 Å². The molecule has 0 aliphatic heterocycles. The zero-order chi connectivity index (χ0) is 15.0. The van der Waals surface area contributed by atoms with Crippen molar-refractivity contribution in [2.45, 2.75) is 39.5 Å². The third-order valence-electron chi connectivity index (χ3n) is 3.12. The second-order valence-electron chi connectivity index (χ2n) is 5.01. The third kappa shape index (κ3) is 5.16. The summed E-state index contributed by atoms with van der Waals surface area (Å²) in [5.74, 6) is 6.71. The van der Waals surface area contributed by atoms with Gasteiger partial charge in [0.05, 0.1) is 6.61 Å². The zero-order valence-corrected chi connectivity index (χ0v) is 12.9. The second kappa shape index (κ2) is 8.52. The molecule has 0 spiro atoms. The second-order valence-corrected chi connectivity index (χ2v) is 5.01. The Labute approximate surface area is 120 Å². The van der Waals surface area contributed by atoms with E-state index in [1.54, 1.807) is 4.90 Å². The molecule has 0 radical (unpaired) electrons. The quantitative estimate of drug-likeness (QED) is 0.527. The molecule has 114 valence electrons. The molecule has 0 saturated carbocycles. The van der Waals surface area contributed by atoms with Gasteiger partial charge in [-0.25, -0.2) is 5.84 Å². The minimum Gasteiger partial charge on any atom is -0.463 e. The van der Waals surface area contributed by atoms with Gasteiger partial charge in [0, 0.05) is 14.1 Å². The van der Waals surface area contributed by atoms with Crippen molar-refractivity contribution >= 4 is 11.9 Å². The SMILES string of the molecule is CCCCC(CC)COc1nc(NN)nc(N(C)C)n1. The third-order valence-corrected chi connectivity index (χ3v) is 3.12. The highest BCUT2D eigenvalue weighted by molar-refractivity contribution is 5.35. The topological polar surface area (TPSA) is 89.2 Å². The molecule has 7 heteroatoms. The lowest BCUT2D eigenvalue weighted by Crippen LogP contribution is -2.19. The Morgan fingerprint density at radius 2 is 2.00 bits per heavy atom. The van der Waals surface area contributed by atoms with E-state index in [0.717, 1.165) is 6.42 Å². The minimum atomic E-state index is 0.306. The fraction of sp³-hybridized carbons (Fsp3) is 0.769. The van der Waals surface area contributed by atoms with Crippen LogP contribution in [0.3, 0.4) is 0 Å². The molecule has 7 nitrogen and oxygen atoms in total. The minimum absolute atomic E-state index is 0.306. The Balaban J connectivity index is 2.68. The van der Waals surface area contributed by atoms with E-state index in [-0.39, 0.29) is 0 Å². The van der Waals surface area contributed by atoms with Crippen LogP contribution in [-0.4, -0.2) is 35.7 Å².